The summed E-state index contributed by atoms with van der Waals surface area (Å²) >= 11 is 0. The SMILES string of the molecule is CC(N)CCCN=C(N)N.CO[C@]1(C)O[C@@]2(C(=O)O)O[C@@](C)(C1(C)O)[C@]2(C)COC[C@]1(C)OC2(CO)[C@@H](C)[C@@](C)(C1(C)NC(C)=O)[C@]2(C)O.CO[C@]1(C)O[C@@]2(C(=O)[O-])O[C@@](C)(C1(C)O)[C@]2(C)COC[C@]1(C)OC2(CO)[C@@H](C)[C@@](C)(C1(C)NC(C)=O)[C@]2(C)O.NC(N)=[NH+]CCCC(N)C(=O)O. The van der Waals surface area contributed by atoms with Crippen molar-refractivity contribution in [3.8, 4) is 0 Å². The number of aliphatic imine (C=N–C) groups is 1. The smallest absolute Gasteiger partial charge is 0.365 e. The van der Waals surface area contributed by atoms with Crippen molar-refractivity contribution in [1.29, 1.82) is 0 Å². The molecule has 34 heteroatoms. The fourth-order valence-corrected chi connectivity index (χ4v) is 18.4. The number of aliphatic carboxylic acids is 3. The van der Waals surface area contributed by atoms with Gasteiger partial charge in [-0.15, -0.1) is 0 Å². The molecule has 10 aliphatic heterocycles. The monoisotopic (exact) mass is 1440 g/mol. The van der Waals surface area contributed by atoms with Gasteiger partial charge in [-0.2, -0.15) is 0 Å². The van der Waals surface area contributed by atoms with Crippen molar-refractivity contribution in [1.82, 2.24) is 10.6 Å². The van der Waals surface area contributed by atoms with Gasteiger partial charge in [0, 0.05) is 63.3 Å². The van der Waals surface area contributed by atoms with Gasteiger partial charge in [-0.1, -0.05) is 27.7 Å². The maximum Gasteiger partial charge on any atom is 0.365 e. The molecule has 0 aromatic heterocycles. The minimum absolute atomic E-state index is 0.138. The number of methoxy groups -OCH3 is 2. The molecule has 12 rings (SSSR count). The number of hydrogen-bond acceptors (Lipinski definition) is 25. The highest BCUT2D eigenvalue weighted by Crippen LogP contribution is 2.76. The van der Waals surface area contributed by atoms with E-state index in [9.17, 15) is 64.8 Å². The molecule has 0 radical (unpaired) electrons. The first-order chi connectivity index (χ1) is 45.1. The van der Waals surface area contributed by atoms with E-state index in [4.69, 9.17) is 86.9 Å². The molecule has 10 heterocycles. The Labute approximate surface area is 585 Å². The first kappa shape index (κ1) is 85.8. The zero-order chi connectivity index (χ0) is 77.7. The molecule has 8 unspecified atom stereocenters. The molecule has 23 N–H and O–H groups in total. The summed E-state index contributed by atoms with van der Waals surface area (Å²) in [5.41, 5.74) is 9.26. The number of nitrogens with zero attached hydrogens (tertiary/aromatic N) is 1. The molecule has 100 heavy (non-hydrogen) atoms. The Kier molecular flexibility index (Phi) is 23.1. The Balaban J connectivity index is 0.000000278. The van der Waals surface area contributed by atoms with Gasteiger partial charge in [-0.25, -0.2) is 4.79 Å². The number of carboxylic acid groups (broad SMARTS) is 3. The van der Waals surface area contributed by atoms with Crippen LogP contribution in [0.2, 0.25) is 0 Å². The average molecular weight is 1440 g/mol. The topological polar surface area (TPSA) is 569 Å². The molecule has 8 bridgehead atoms. The number of amides is 2. The third-order valence-corrected chi connectivity index (χ3v) is 27.0. The molecule has 34 nitrogen and oxygen atoms in total. The number of aliphatic hydroxyl groups excluding tert-OH is 2. The molecule has 0 aromatic rings. The Morgan fingerprint density at radius 3 is 1.24 bits per heavy atom. The minimum atomic E-state index is -2.29. The van der Waals surface area contributed by atoms with E-state index in [2.05, 4.69) is 20.6 Å². The van der Waals surface area contributed by atoms with E-state index in [1.54, 1.807) is 69.2 Å². The van der Waals surface area contributed by atoms with Crippen molar-refractivity contribution in [2.75, 3.05) is 67.0 Å². The quantitative estimate of drug-likeness (QED) is 0.0233. The molecule has 10 saturated heterocycles. The molecular formula is C66H120N10O24. The van der Waals surface area contributed by atoms with Crippen LogP contribution in [0, 0.1) is 33.5 Å². The van der Waals surface area contributed by atoms with E-state index in [1.807, 2.05) is 34.6 Å². The second-order valence-electron chi connectivity index (χ2n) is 31.7. The van der Waals surface area contributed by atoms with Gasteiger partial charge < -0.3 is 132 Å². The summed E-state index contributed by atoms with van der Waals surface area (Å²) in [5.74, 6) is -13.0. The highest BCUT2D eigenvalue weighted by molar-refractivity contribution is 5.80. The van der Waals surface area contributed by atoms with Crippen molar-refractivity contribution < 1.29 is 122 Å². The Morgan fingerprint density at radius 1 is 0.570 bits per heavy atom. The van der Waals surface area contributed by atoms with E-state index in [-0.39, 0.29) is 68.0 Å². The van der Waals surface area contributed by atoms with Gasteiger partial charge in [0.15, 0.2) is 11.7 Å². The van der Waals surface area contributed by atoms with Crippen molar-refractivity contribution in [2.24, 2.45) is 72.9 Å². The molecule has 24 atom stereocenters. The molecule has 2 aliphatic carbocycles. The number of rotatable bonds is 25. The molecule has 12 fully saturated rings. The van der Waals surface area contributed by atoms with E-state index in [1.165, 1.54) is 55.8 Å². The zero-order valence-corrected chi connectivity index (χ0v) is 62.8. The van der Waals surface area contributed by atoms with Gasteiger partial charge in [0.1, 0.15) is 68.0 Å². The van der Waals surface area contributed by atoms with E-state index in [0.29, 0.717) is 25.9 Å². The number of aliphatic hydroxyl groups is 6. The van der Waals surface area contributed by atoms with Crippen molar-refractivity contribution in [2.45, 2.75) is 273 Å². The Hall–Kier alpha value is -4.83. The van der Waals surface area contributed by atoms with Crippen LogP contribution in [0.15, 0.2) is 4.99 Å². The zero-order valence-electron chi connectivity index (χ0n) is 62.8. The van der Waals surface area contributed by atoms with Crippen LogP contribution in [0.3, 0.4) is 0 Å². The number of hydrogen-bond donors (Lipinski definition) is 17. The van der Waals surface area contributed by atoms with Crippen LogP contribution in [-0.4, -0.2) is 252 Å². The summed E-state index contributed by atoms with van der Waals surface area (Å²) in [6.07, 6.45) is 2.97. The van der Waals surface area contributed by atoms with Crippen LogP contribution < -0.4 is 55.1 Å². The lowest BCUT2D eigenvalue weighted by molar-refractivity contribution is -0.594. The number of carbonyl (C=O) groups is 5. The van der Waals surface area contributed by atoms with E-state index < -0.39 is 149 Å². The van der Waals surface area contributed by atoms with Crippen LogP contribution in [0.4, 0.5) is 0 Å². The van der Waals surface area contributed by atoms with Crippen molar-refractivity contribution in [3.05, 3.63) is 0 Å². The summed E-state index contributed by atoms with van der Waals surface area (Å²) < 4.78 is 59.6. The van der Waals surface area contributed by atoms with Crippen LogP contribution in [0.5, 0.6) is 0 Å². The highest BCUT2D eigenvalue weighted by atomic mass is 16.9. The fourth-order valence-electron chi connectivity index (χ4n) is 18.4. The lowest BCUT2D eigenvalue weighted by atomic mass is 9.33. The Bertz CT molecular complexity index is 2990. The van der Waals surface area contributed by atoms with Gasteiger partial charge in [-0.3, -0.25) is 35.8 Å². The van der Waals surface area contributed by atoms with Crippen LogP contribution in [0.25, 0.3) is 0 Å². The number of fused-ring (bicyclic) bond motifs is 8. The van der Waals surface area contributed by atoms with Crippen LogP contribution >= 0.6 is 0 Å². The molecule has 0 aromatic carbocycles. The number of ether oxygens (including phenoxy) is 10. The van der Waals surface area contributed by atoms with Crippen LogP contribution in [-0.2, 0) is 71.3 Å². The number of guanidine groups is 2. The van der Waals surface area contributed by atoms with Gasteiger partial charge in [0.25, 0.3) is 5.79 Å². The van der Waals surface area contributed by atoms with Gasteiger partial charge in [-0.05, 0) is 130 Å². The molecule has 578 valence electrons. The Morgan fingerprint density at radius 2 is 0.940 bits per heavy atom. The maximum absolute atomic E-state index is 12.5. The maximum atomic E-state index is 12.5. The third kappa shape index (κ3) is 11.1. The number of nitrogens with two attached hydrogens (primary N) is 6. The average Bonchev–Trinajstić information content (AvgIpc) is 0.643. The second-order valence-corrected chi connectivity index (χ2v) is 31.7. The summed E-state index contributed by atoms with van der Waals surface area (Å²) in [6.45, 7) is 33.9. The third-order valence-electron chi connectivity index (χ3n) is 27.0. The first-order valence-electron chi connectivity index (χ1n) is 33.6. The molecule has 12 aliphatic rings. The van der Waals surface area contributed by atoms with Crippen molar-refractivity contribution in [3.63, 3.8) is 0 Å². The largest absolute Gasteiger partial charge is 0.544 e. The first-order valence-corrected chi connectivity index (χ1v) is 33.6. The normalized spacial score (nSPS) is 47.8. The molecule has 2 amide bonds. The summed E-state index contributed by atoms with van der Waals surface area (Å²) in [4.78, 5) is 66.6. The summed E-state index contributed by atoms with van der Waals surface area (Å²) in [5, 5.41) is 104. The molecule has 2 saturated carbocycles. The molecule has 0 spiro atoms. The summed E-state index contributed by atoms with van der Waals surface area (Å²) in [7, 11) is 2.61. The lowest BCUT2D eigenvalue weighted by Gasteiger charge is -2.82. The number of nitrogens with one attached hydrogen (secondary N) is 3. The van der Waals surface area contributed by atoms with E-state index in [0.717, 1.165) is 12.8 Å². The minimum Gasteiger partial charge on any atom is -0.544 e. The van der Waals surface area contributed by atoms with Crippen molar-refractivity contribution >= 4 is 41.6 Å². The second kappa shape index (κ2) is 26.9. The summed E-state index contributed by atoms with van der Waals surface area (Å²) in [6, 6.07) is -0.556. The van der Waals surface area contributed by atoms with Gasteiger partial charge in [0.05, 0.1) is 68.1 Å². The highest BCUT2D eigenvalue weighted by Gasteiger charge is 2.92. The number of carbonyl (C=O) groups excluding carboxylic acids is 3. The fraction of sp³-hybridized carbons (Fsp3) is 0.894. The lowest BCUT2D eigenvalue weighted by Crippen LogP contribution is -2.97. The standard InChI is InChI=1S/2C27H45NO11.C6H14N4O2.C6H16N4/c2*1-15-20(5)21(6,28-16(2)30)19(4,37-26(15,12-29)22(20,7)33)14-36-13-18(3)24(9)23(8,34)25(10,35-11)39-27(18,38-24)17(31)32;7-4(5(11)12)2-1-3-10-6(8)9;1-5(7)3-2-4-10-6(8)9/h2*15,29,33-34H,12-14H2,1-11H3,(H,28,30)(H,31,32);4H,1-3,7H2,(H,11,12)(H4,8,9,10);5H,2-4,7H2,1H3,(H4,8,9,10)/t2*15-,18-,19-,20-,21?,22-,23?,24+,25+,26?,27+;;/m00../s1. The predicted molar refractivity (Wildman–Crippen MR) is 356 cm³/mol. The van der Waals surface area contributed by atoms with Crippen LogP contribution in [0.1, 0.15) is 171 Å². The predicted octanol–water partition coefficient (Wildman–Crippen LogP) is -4.33. The molecular weight excluding hydrogens is 1320 g/mol. The number of carboxylic acids is 3. The van der Waals surface area contributed by atoms with Gasteiger partial charge in [0.2, 0.25) is 23.4 Å². The van der Waals surface area contributed by atoms with E-state index >= 15 is 0 Å². The van der Waals surface area contributed by atoms with Gasteiger partial charge >= 0.3 is 17.9 Å².